The van der Waals surface area contributed by atoms with Gasteiger partial charge in [-0.2, -0.15) is 0 Å². The zero-order valence-electron chi connectivity index (χ0n) is 20.5. The first-order valence-electron chi connectivity index (χ1n) is 12.2. The van der Waals surface area contributed by atoms with E-state index in [9.17, 15) is 9.59 Å². The monoisotopic (exact) mass is 450 g/mol. The SMILES string of the molecule is CC[C@@H](C(=O)NC1CCCCC1)N(Cc1cccc(OC)c1)C(=O)Cc1ccc(C)c(C)c1. The van der Waals surface area contributed by atoms with Gasteiger partial charge in [0.1, 0.15) is 11.8 Å². The molecule has 1 fully saturated rings. The summed E-state index contributed by atoms with van der Waals surface area (Å²) in [6.45, 7) is 6.48. The van der Waals surface area contributed by atoms with Gasteiger partial charge < -0.3 is 15.0 Å². The highest BCUT2D eigenvalue weighted by molar-refractivity contribution is 5.88. The van der Waals surface area contributed by atoms with Crippen molar-refractivity contribution in [1.82, 2.24) is 10.2 Å². The van der Waals surface area contributed by atoms with Crippen LogP contribution in [0.15, 0.2) is 42.5 Å². The van der Waals surface area contributed by atoms with Gasteiger partial charge in [0.15, 0.2) is 0 Å². The van der Waals surface area contributed by atoms with E-state index in [1.807, 2.05) is 37.3 Å². The lowest BCUT2D eigenvalue weighted by molar-refractivity contribution is -0.141. The van der Waals surface area contributed by atoms with Crippen LogP contribution >= 0.6 is 0 Å². The molecular weight excluding hydrogens is 412 g/mol. The lowest BCUT2D eigenvalue weighted by Gasteiger charge is -2.33. The summed E-state index contributed by atoms with van der Waals surface area (Å²) in [4.78, 5) is 28.7. The average Bonchev–Trinajstić information content (AvgIpc) is 2.82. The van der Waals surface area contributed by atoms with Crippen molar-refractivity contribution in [2.75, 3.05) is 7.11 Å². The van der Waals surface area contributed by atoms with Crippen LogP contribution in [0.2, 0.25) is 0 Å². The molecule has 0 bridgehead atoms. The molecule has 2 aromatic rings. The molecule has 2 amide bonds. The molecule has 5 nitrogen and oxygen atoms in total. The predicted octanol–water partition coefficient (Wildman–Crippen LogP) is 5.11. The number of rotatable bonds is 9. The first kappa shape index (κ1) is 24.8. The van der Waals surface area contributed by atoms with E-state index in [2.05, 4.69) is 31.3 Å². The topological polar surface area (TPSA) is 58.6 Å². The maximum absolute atomic E-state index is 13.6. The molecule has 1 N–H and O–H groups in total. The van der Waals surface area contributed by atoms with Crippen LogP contribution in [-0.2, 0) is 22.6 Å². The number of amides is 2. The van der Waals surface area contributed by atoms with Gasteiger partial charge in [-0.05, 0) is 67.5 Å². The molecule has 2 aromatic carbocycles. The normalized spacial score (nSPS) is 15.0. The molecule has 0 saturated heterocycles. The van der Waals surface area contributed by atoms with Crippen molar-refractivity contribution in [3.8, 4) is 5.75 Å². The third kappa shape index (κ3) is 6.83. The molecule has 1 aliphatic carbocycles. The number of nitrogens with zero attached hydrogens (tertiary/aromatic N) is 1. The maximum Gasteiger partial charge on any atom is 0.243 e. The standard InChI is InChI=1S/C28H38N2O3/c1-5-26(28(32)29-24-11-7-6-8-12-24)30(19-23-10-9-13-25(17-23)33-4)27(31)18-22-15-14-20(2)21(3)16-22/h9-10,13-17,24,26H,5-8,11-12,18-19H2,1-4H3,(H,29,32)/t26-/m0/s1. The second-order valence-corrected chi connectivity index (χ2v) is 9.24. The zero-order valence-corrected chi connectivity index (χ0v) is 20.5. The Morgan fingerprint density at radius 1 is 1.03 bits per heavy atom. The summed E-state index contributed by atoms with van der Waals surface area (Å²) < 4.78 is 5.37. The van der Waals surface area contributed by atoms with Crippen LogP contribution < -0.4 is 10.1 Å². The summed E-state index contributed by atoms with van der Waals surface area (Å²) >= 11 is 0. The molecule has 1 saturated carbocycles. The number of carbonyl (C=O) groups is 2. The number of methoxy groups -OCH3 is 1. The second-order valence-electron chi connectivity index (χ2n) is 9.24. The molecule has 0 spiro atoms. The number of nitrogens with one attached hydrogen (secondary N) is 1. The van der Waals surface area contributed by atoms with E-state index in [0.717, 1.165) is 42.6 Å². The van der Waals surface area contributed by atoms with Gasteiger partial charge >= 0.3 is 0 Å². The Bertz CT molecular complexity index is 950. The molecule has 33 heavy (non-hydrogen) atoms. The minimum Gasteiger partial charge on any atom is -0.497 e. The third-order valence-electron chi connectivity index (χ3n) is 6.75. The largest absolute Gasteiger partial charge is 0.497 e. The van der Waals surface area contributed by atoms with Crippen LogP contribution in [0.25, 0.3) is 0 Å². The molecule has 1 aliphatic rings. The molecule has 178 valence electrons. The number of carbonyl (C=O) groups excluding carboxylic acids is 2. The second kappa shape index (κ2) is 11.9. The fraction of sp³-hybridized carbons (Fsp3) is 0.500. The molecule has 0 heterocycles. The Morgan fingerprint density at radius 2 is 1.79 bits per heavy atom. The van der Waals surface area contributed by atoms with Crippen LogP contribution in [0, 0.1) is 13.8 Å². The highest BCUT2D eigenvalue weighted by Crippen LogP contribution is 2.21. The first-order chi connectivity index (χ1) is 15.9. The van der Waals surface area contributed by atoms with E-state index in [-0.39, 0.29) is 24.3 Å². The summed E-state index contributed by atoms with van der Waals surface area (Å²) in [7, 11) is 1.63. The van der Waals surface area contributed by atoms with Crippen molar-refractivity contribution in [2.24, 2.45) is 0 Å². The number of hydrogen-bond acceptors (Lipinski definition) is 3. The van der Waals surface area contributed by atoms with Crippen LogP contribution in [-0.4, -0.2) is 35.9 Å². The number of hydrogen-bond donors (Lipinski definition) is 1. The summed E-state index contributed by atoms with van der Waals surface area (Å²) in [5.74, 6) is 0.668. The fourth-order valence-electron chi connectivity index (χ4n) is 4.62. The number of ether oxygens (including phenoxy) is 1. The number of aryl methyl sites for hydroxylation is 2. The van der Waals surface area contributed by atoms with Crippen molar-refractivity contribution in [1.29, 1.82) is 0 Å². The van der Waals surface area contributed by atoms with Crippen LogP contribution in [0.4, 0.5) is 0 Å². The molecule has 0 aromatic heterocycles. The van der Waals surface area contributed by atoms with Gasteiger partial charge in [0, 0.05) is 12.6 Å². The Hall–Kier alpha value is -2.82. The smallest absolute Gasteiger partial charge is 0.243 e. The quantitative estimate of drug-likeness (QED) is 0.577. The zero-order chi connectivity index (χ0) is 23.8. The van der Waals surface area contributed by atoms with E-state index in [4.69, 9.17) is 4.74 Å². The molecule has 3 rings (SSSR count). The van der Waals surface area contributed by atoms with Crippen molar-refractivity contribution >= 4 is 11.8 Å². The Morgan fingerprint density at radius 3 is 2.45 bits per heavy atom. The van der Waals surface area contributed by atoms with Gasteiger partial charge in [0.05, 0.1) is 13.5 Å². The van der Waals surface area contributed by atoms with Crippen molar-refractivity contribution in [3.05, 3.63) is 64.7 Å². The summed E-state index contributed by atoms with van der Waals surface area (Å²) in [6, 6.07) is 13.6. The maximum atomic E-state index is 13.6. The van der Waals surface area contributed by atoms with Gasteiger partial charge in [-0.3, -0.25) is 9.59 Å². The highest BCUT2D eigenvalue weighted by atomic mass is 16.5. The summed E-state index contributed by atoms with van der Waals surface area (Å²) in [6.07, 6.45) is 6.44. The van der Waals surface area contributed by atoms with Gasteiger partial charge in [-0.1, -0.05) is 56.5 Å². The molecule has 5 heteroatoms. The van der Waals surface area contributed by atoms with E-state index in [1.165, 1.54) is 17.5 Å². The van der Waals surface area contributed by atoms with E-state index < -0.39 is 6.04 Å². The fourth-order valence-corrected chi connectivity index (χ4v) is 4.62. The Kier molecular flexibility index (Phi) is 8.93. The third-order valence-corrected chi connectivity index (χ3v) is 6.75. The summed E-state index contributed by atoms with van der Waals surface area (Å²) in [5, 5.41) is 3.24. The van der Waals surface area contributed by atoms with Crippen molar-refractivity contribution in [3.63, 3.8) is 0 Å². The highest BCUT2D eigenvalue weighted by Gasteiger charge is 2.30. The predicted molar refractivity (Wildman–Crippen MR) is 132 cm³/mol. The lowest BCUT2D eigenvalue weighted by atomic mass is 9.95. The van der Waals surface area contributed by atoms with E-state index in [0.29, 0.717) is 13.0 Å². The van der Waals surface area contributed by atoms with Crippen LogP contribution in [0.5, 0.6) is 5.75 Å². The molecule has 0 unspecified atom stereocenters. The number of benzene rings is 2. The molecule has 1 atom stereocenters. The van der Waals surface area contributed by atoms with E-state index in [1.54, 1.807) is 12.0 Å². The van der Waals surface area contributed by atoms with Gasteiger partial charge in [-0.25, -0.2) is 0 Å². The van der Waals surface area contributed by atoms with Gasteiger partial charge in [0.25, 0.3) is 0 Å². The summed E-state index contributed by atoms with van der Waals surface area (Å²) in [5.41, 5.74) is 4.30. The Balaban J connectivity index is 1.83. The minimum atomic E-state index is -0.503. The molecule has 0 radical (unpaired) electrons. The van der Waals surface area contributed by atoms with Gasteiger partial charge in [-0.15, -0.1) is 0 Å². The van der Waals surface area contributed by atoms with Crippen LogP contribution in [0.3, 0.4) is 0 Å². The van der Waals surface area contributed by atoms with E-state index >= 15 is 0 Å². The van der Waals surface area contributed by atoms with Gasteiger partial charge in [0.2, 0.25) is 11.8 Å². The molecular formula is C28H38N2O3. The van der Waals surface area contributed by atoms with Crippen LogP contribution in [0.1, 0.15) is 67.7 Å². The lowest BCUT2D eigenvalue weighted by Crippen LogP contribution is -2.51. The van der Waals surface area contributed by atoms with Crippen molar-refractivity contribution < 1.29 is 14.3 Å². The minimum absolute atomic E-state index is 0.0354. The molecule has 0 aliphatic heterocycles. The Labute approximate surface area is 198 Å². The first-order valence-corrected chi connectivity index (χ1v) is 12.2. The average molecular weight is 451 g/mol. The van der Waals surface area contributed by atoms with Crippen molar-refractivity contribution in [2.45, 2.75) is 84.3 Å².